The minimum atomic E-state index is -1.05. The van der Waals surface area contributed by atoms with Crippen molar-refractivity contribution in [1.82, 2.24) is 5.32 Å². The highest BCUT2D eigenvalue weighted by Crippen LogP contribution is 2.25. The molecular formula is C16H15F3N2O3. The van der Waals surface area contributed by atoms with E-state index in [4.69, 9.17) is 0 Å². The number of urea groups is 1. The van der Waals surface area contributed by atoms with Crippen molar-refractivity contribution in [3.63, 3.8) is 0 Å². The summed E-state index contributed by atoms with van der Waals surface area (Å²) in [7, 11) is 1.12. The van der Waals surface area contributed by atoms with E-state index in [1.807, 2.05) is 0 Å². The Hall–Kier alpha value is -2.74. The lowest BCUT2D eigenvalue weighted by molar-refractivity contribution is 0.175. The van der Waals surface area contributed by atoms with Crippen LogP contribution in [0.5, 0.6) is 5.75 Å². The molecule has 1 atom stereocenters. The predicted octanol–water partition coefficient (Wildman–Crippen LogP) is 2.97. The molecule has 0 aromatic heterocycles. The molecule has 2 aromatic carbocycles. The van der Waals surface area contributed by atoms with Gasteiger partial charge in [0.15, 0.2) is 17.4 Å². The maximum Gasteiger partial charge on any atom is 0.319 e. The van der Waals surface area contributed by atoms with Crippen LogP contribution in [0.4, 0.5) is 23.7 Å². The summed E-state index contributed by atoms with van der Waals surface area (Å²) in [5, 5.41) is 14.5. The minimum Gasteiger partial charge on any atom is -0.491 e. The monoisotopic (exact) mass is 340 g/mol. The quantitative estimate of drug-likeness (QED) is 0.784. The Morgan fingerprint density at radius 3 is 2.29 bits per heavy atom. The lowest BCUT2D eigenvalue weighted by atomic mass is 10.1. The van der Waals surface area contributed by atoms with Crippen LogP contribution in [-0.2, 0) is 0 Å². The fraction of sp³-hybridized carbons (Fsp3) is 0.188. The molecule has 24 heavy (non-hydrogen) atoms. The molecule has 1 unspecified atom stereocenters. The zero-order valence-electron chi connectivity index (χ0n) is 12.6. The molecule has 0 saturated carbocycles. The van der Waals surface area contributed by atoms with Crippen LogP contribution in [0, 0.1) is 17.5 Å². The second kappa shape index (κ2) is 7.69. The number of aliphatic hydroxyl groups is 1. The molecule has 0 bridgehead atoms. The molecule has 0 aliphatic heterocycles. The number of rotatable bonds is 5. The van der Waals surface area contributed by atoms with Crippen LogP contribution >= 0.6 is 0 Å². The van der Waals surface area contributed by atoms with Crippen molar-refractivity contribution < 1.29 is 27.8 Å². The molecule has 0 radical (unpaired) electrons. The number of nitrogens with one attached hydrogen (secondary N) is 2. The van der Waals surface area contributed by atoms with Gasteiger partial charge in [-0.25, -0.2) is 18.0 Å². The molecule has 0 fully saturated rings. The van der Waals surface area contributed by atoms with Crippen LogP contribution in [0.3, 0.4) is 0 Å². The Morgan fingerprint density at radius 2 is 1.75 bits per heavy atom. The zero-order valence-corrected chi connectivity index (χ0v) is 12.6. The van der Waals surface area contributed by atoms with E-state index < -0.39 is 35.3 Å². The maximum atomic E-state index is 13.5. The number of ether oxygens (including phenoxy) is 1. The summed E-state index contributed by atoms with van der Waals surface area (Å²) in [5.41, 5.74) is 0.304. The lowest BCUT2D eigenvalue weighted by Gasteiger charge is -2.13. The first-order valence-corrected chi connectivity index (χ1v) is 6.92. The van der Waals surface area contributed by atoms with E-state index in [-0.39, 0.29) is 12.2 Å². The number of amides is 2. The number of aliphatic hydroxyl groups excluding tert-OH is 1. The highest BCUT2D eigenvalue weighted by molar-refractivity contribution is 5.89. The average molecular weight is 340 g/mol. The number of carbonyl (C=O) groups is 1. The Morgan fingerprint density at radius 1 is 1.17 bits per heavy atom. The summed E-state index contributed by atoms with van der Waals surface area (Å²) in [6.07, 6.45) is -1.05. The molecule has 0 saturated heterocycles. The van der Waals surface area contributed by atoms with E-state index >= 15 is 0 Å². The van der Waals surface area contributed by atoms with Gasteiger partial charge in [0, 0.05) is 24.4 Å². The Bertz CT molecular complexity index is 700. The molecule has 0 aliphatic carbocycles. The first-order valence-electron chi connectivity index (χ1n) is 6.92. The molecule has 0 aliphatic rings. The van der Waals surface area contributed by atoms with Crippen LogP contribution in [-0.4, -0.2) is 24.8 Å². The molecule has 8 heteroatoms. The third-order valence-electron chi connectivity index (χ3n) is 3.17. The van der Waals surface area contributed by atoms with Crippen LogP contribution < -0.4 is 15.4 Å². The van der Waals surface area contributed by atoms with Crippen molar-refractivity contribution in [3.8, 4) is 5.75 Å². The van der Waals surface area contributed by atoms with Gasteiger partial charge in [-0.2, -0.15) is 0 Å². The first kappa shape index (κ1) is 17.6. The normalized spacial score (nSPS) is 11.7. The lowest BCUT2D eigenvalue weighted by Crippen LogP contribution is -2.32. The predicted molar refractivity (Wildman–Crippen MR) is 81.3 cm³/mol. The third kappa shape index (κ3) is 4.39. The Kier molecular flexibility index (Phi) is 5.64. The number of anilines is 1. The van der Waals surface area contributed by atoms with Crippen LogP contribution in [0.15, 0.2) is 36.4 Å². The van der Waals surface area contributed by atoms with Gasteiger partial charge in [-0.15, -0.1) is 0 Å². The van der Waals surface area contributed by atoms with Gasteiger partial charge >= 0.3 is 6.03 Å². The summed E-state index contributed by atoms with van der Waals surface area (Å²) >= 11 is 0. The SMILES string of the molecule is COc1c(F)cc(NC(=O)NCC(O)c2ccc(F)cc2)cc1F. The number of carbonyl (C=O) groups excluding carboxylic acids is 1. The summed E-state index contributed by atoms with van der Waals surface area (Å²) in [5.74, 6) is -2.91. The van der Waals surface area contributed by atoms with Gasteiger partial charge in [-0.05, 0) is 17.7 Å². The number of benzene rings is 2. The van der Waals surface area contributed by atoms with Crippen molar-refractivity contribution in [2.75, 3.05) is 19.0 Å². The second-order valence-corrected chi connectivity index (χ2v) is 4.88. The van der Waals surface area contributed by atoms with Crippen molar-refractivity contribution in [1.29, 1.82) is 0 Å². The van der Waals surface area contributed by atoms with Gasteiger partial charge in [0.1, 0.15) is 5.82 Å². The molecule has 3 N–H and O–H groups in total. The molecule has 2 aromatic rings. The number of hydrogen-bond acceptors (Lipinski definition) is 3. The van der Waals surface area contributed by atoms with Crippen LogP contribution in [0.25, 0.3) is 0 Å². The Balaban J connectivity index is 1.92. The maximum absolute atomic E-state index is 13.5. The van der Waals surface area contributed by atoms with E-state index in [9.17, 15) is 23.1 Å². The van der Waals surface area contributed by atoms with E-state index in [2.05, 4.69) is 15.4 Å². The summed E-state index contributed by atoms with van der Waals surface area (Å²) in [6, 6.07) is 6.17. The van der Waals surface area contributed by atoms with Crippen LogP contribution in [0.1, 0.15) is 11.7 Å². The summed E-state index contributed by atoms with van der Waals surface area (Å²) in [4.78, 5) is 11.7. The molecule has 0 spiro atoms. The molecule has 2 rings (SSSR count). The van der Waals surface area contributed by atoms with E-state index in [0.29, 0.717) is 5.56 Å². The standard InChI is InChI=1S/C16H15F3N2O3/c1-24-15-12(18)6-11(7-13(15)19)21-16(23)20-8-14(22)9-2-4-10(17)5-3-9/h2-7,14,22H,8H2,1H3,(H2,20,21,23). The topological polar surface area (TPSA) is 70.6 Å². The summed E-state index contributed by atoms with van der Waals surface area (Å²) < 4.78 is 44.4. The largest absolute Gasteiger partial charge is 0.491 e. The minimum absolute atomic E-state index is 0.112. The molecule has 2 amide bonds. The van der Waals surface area contributed by atoms with Crippen molar-refractivity contribution in [2.24, 2.45) is 0 Å². The van der Waals surface area contributed by atoms with Gasteiger partial charge in [-0.1, -0.05) is 12.1 Å². The molecule has 5 nitrogen and oxygen atoms in total. The van der Waals surface area contributed by atoms with Crippen molar-refractivity contribution in [2.45, 2.75) is 6.10 Å². The smallest absolute Gasteiger partial charge is 0.319 e. The average Bonchev–Trinajstić information content (AvgIpc) is 2.53. The van der Waals surface area contributed by atoms with E-state index in [0.717, 1.165) is 19.2 Å². The number of methoxy groups -OCH3 is 1. The zero-order chi connectivity index (χ0) is 17.7. The fourth-order valence-electron chi connectivity index (χ4n) is 1.99. The third-order valence-corrected chi connectivity index (χ3v) is 3.17. The van der Waals surface area contributed by atoms with Crippen molar-refractivity contribution in [3.05, 3.63) is 59.4 Å². The number of halogens is 3. The van der Waals surface area contributed by atoms with Crippen LogP contribution in [0.2, 0.25) is 0 Å². The first-order chi connectivity index (χ1) is 11.4. The van der Waals surface area contributed by atoms with Crippen molar-refractivity contribution >= 4 is 11.7 Å². The Labute approximate surface area is 136 Å². The van der Waals surface area contributed by atoms with Gasteiger partial charge in [0.05, 0.1) is 13.2 Å². The molecule has 0 heterocycles. The summed E-state index contributed by atoms with van der Waals surface area (Å²) in [6.45, 7) is -0.168. The second-order valence-electron chi connectivity index (χ2n) is 4.88. The highest BCUT2D eigenvalue weighted by atomic mass is 19.1. The number of hydrogen-bond donors (Lipinski definition) is 3. The van der Waals surface area contributed by atoms with E-state index in [1.165, 1.54) is 24.3 Å². The van der Waals surface area contributed by atoms with Gasteiger partial charge < -0.3 is 20.5 Å². The van der Waals surface area contributed by atoms with Gasteiger partial charge in [0.2, 0.25) is 0 Å². The highest BCUT2D eigenvalue weighted by Gasteiger charge is 2.14. The van der Waals surface area contributed by atoms with E-state index in [1.54, 1.807) is 0 Å². The van der Waals surface area contributed by atoms with Gasteiger partial charge in [-0.3, -0.25) is 0 Å². The molecular weight excluding hydrogens is 325 g/mol. The molecule has 128 valence electrons. The fourth-order valence-corrected chi connectivity index (χ4v) is 1.99. The van der Waals surface area contributed by atoms with Gasteiger partial charge in [0.25, 0.3) is 0 Å².